The Bertz CT molecular complexity index is 1430. The van der Waals surface area contributed by atoms with Crippen molar-refractivity contribution in [2.24, 2.45) is 0 Å². The van der Waals surface area contributed by atoms with Crippen molar-refractivity contribution in [3.63, 3.8) is 0 Å². The molecule has 3 aromatic carbocycles. The molecule has 7 nitrogen and oxygen atoms in total. The molecule has 0 aromatic heterocycles. The van der Waals surface area contributed by atoms with E-state index in [-0.39, 0.29) is 23.4 Å². The Morgan fingerprint density at radius 1 is 0.900 bits per heavy atom. The number of amides is 2. The fourth-order valence-corrected chi connectivity index (χ4v) is 6.11. The van der Waals surface area contributed by atoms with Gasteiger partial charge in [0.05, 0.1) is 10.6 Å². The Morgan fingerprint density at radius 2 is 1.55 bits per heavy atom. The second-order valence-electron chi connectivity index (χ2n) is 9.56. The van der Waals surface area contributed by atoms with Crippen molar-refractivity contribution in [1.29, 1.82) is 0 Å². The molecule has 0 saturated carbocycles. The number of nitrogens with one attached hydrogen (secondary N) is 1. The van der Waals surface area contributed by atoms with Crippen molar-refractivity contribution in [3.8, 4) is 0 Å². The number of hydrogen-bond donors (Lipinski definition) is 1. The molecule has 3 aromatic rings. The van der Waals surface area contributed by atoms with Crippen LogP contribution >= 0.6 is 23.2 Å². The van der Waals surface area contributed by atoms with Crippen LogP contribution in [-0.2, 0) is 32.6 Å². The second kappa shape index (κ2) is 14.0. The first-order valence-corrected chi connectivity index (χ1v) is 15.4. The summed E-state index contributed by atoms with van der Waals surface area (Å²) in [4.78, 5) is 28.6. The quantitative estimate of drug-likeness (QED) is 0.272. The maximum absolute atomic E-state index is 14.1. The Balaban J connectivity index is 2.07. The summed E-state index contributed by atoms with van der Waals surface area (Å²) in [5, 5.41) is 3.69. The maximum atomic E-state index is 14.1. The summed E-state index contributed by atoms with van der Waals surface area (Å²) in [6.07, 6.45) is 1.27. The van der Waals surface area contributed by atoms with E-state index >= 15 is 0 Å². The van der Waals surface area contributed by atoms with E-state index in [4.69, 9.17) is 23.2 Å². The average Bonchev–Trinajstić information content (AvgIpc) is 2.95. The van der Waals surface area contributed by atoms with Crippen LogP contribution in [0, 0.1) is 0 Å². The van der Waals surface area contributed by atoms with Gasteiger partial charge in [0, 0.05) is 22.6 Å². The van der Waals surface area contributed by atoms with Gasteiger partial charge in [0.1, 0.15) is 12.6 Å². The van der Waals surface area contributed by atoms with Gasteiger partial charge in [0.25, 0.3) is 10.0 Å². The third-order valence-electron chi connectivity index (χ3n) is 6.78. The lowest BCUT2D eigenvalue weighted by molar-refractivity contribution is -0.139. The van der Waals surface area contributed by atoms with Gasteiger partial charge in [-0.25, -0.2) is 8.42 Å². The topological polar surface area (TPSA) is 86.8 Å². The largest absolute Gasteiger partial charge is 0.352 e. The first-order valence-electron chi connectivity index (χ1n) is 13.2. The van der Waals surface area contributed by atoms with E-state index < -0.39 is 28.5 Å². The summed E-state index contributed by atoms with van der Waals surface area (Å²) in [5.74, 6) is -0.901. The minimum atomic E-state index is -4.13. The molecule has 2 unspecified atom stereocenters. The fraction of sp³-hybridized carbons (Fsp3) is 0.333. The number of carbonyl (C=O) groups excluding carboxylic acids is 2. The van der Waals surface area contributed by atoms with Gasteiger partial charge >= 0.3 is 0 Å². The van der Waals surface area contributed by atoms with Crippen LogP contribution in [-0.4, -0.2) is 43.8 Å². The minimum absolute atomic E-state index is 0.0153. The fourth-order valence-electron chi connectivity index (χ4n) is 4.17. The van der Waals surface area contributed by atoms with Gasteiger partial charge in [-0.05, 0) is 68.1 Å². The normalized spacial score (nSPS) is 12.8. The highest BCUT2D eigenvalue weighted by molar-refractivity contribution is 7.92. The summed E-state index contributed by atoms with van der Waals surface area (Å²) < 4.78 is 29.0. The Kier molecular flexibility index (Phi) is 11.0. The van der Waals surface area contributed by atoms with E-state index in [1.54, 1.807) is 55.5 Å². The smallest absolute Gasteiger partial charge is 0.264 e. The Labute approximate surface area is 247 Å². The van der Waals surface area contributed by atoms with E-state index in [0.717, 1.165) is 9.87 Å². The highest BCUT2D eigenvalue weighted by atomic mass is 35.5. The Morgan fingerprint density at radius 3 is 2.17 bits per heavy atom. The van der Waals surface area contributed by atoms with Crippen LogP contribution in [0.1, 0.15) is 45.2 Å². The molecule has 2 amide bonds. The summed E-state index contributed by atoms with van der Waals surface area (Å²) in [7, 11) is -4.13. The van der Waals surface area contributed by atoms with Crippen LogP contribution in [0.2, 0.25) is 10.0 Å². The third-order valence-corrected chi connectivity index (χ3v) is 9.14. The van der Waals surface area contributed by atoms with Gasteiger partial charge in [0.2, 0.25) is 11.8 Å². The van der Waals surface area contributed by atoms with E-state index in [2.05, 4.69) is 5.32 Å². The van der Waals surface area contributed by atoms with E-state index in [0.29, 0.717) is 34.1 Å². The summed E-state index contributed by atoms with van der Waals surface area (Å²) in [6, 6.07) is 19.0. The molecule has 2 atom stereocenters. The van der Waals surface area contributed by atoms with Crippen LogP contribution < -0.4 is 9.62 Å². The number of aryl methyl sites for hydroxylation is 1. The zero-order valence-corrected chi connectivity index (χ0v) is 25.4. The molecule has 0 bridgehead atoms. The van der Waals surface area contributed by atoms with Crippen LogP contribution in [0.3, 0.4) is 0 Å². The number of halogens is 2. The van der Waals surface area contributed by atoms with Crippen LogP contribution in [0.4, 0.5) is 5.69 Å². The lowest BCUT2D eigenvalue weighted by Crippen LogP contribution is -2.52. The summed E-state index contributed by atoms with van der Waals surface area (Å²) in [6.45, 7) is 6.84. The predicted octanol–water partition coefficient (Wildman–Crippen LogP) is 6.08. The molecule has 0 fully saturated rings. The van der Waals surface area contributed by atoms with Crippen LogP contribution in [0.5, 0.6) is 0 Å². The lowest BCUT2D eigenvalue weighted by atomic mass is 10.1. The van der Waals surface area contributed by atoms with Gasteiger partial charge in [-0.1, -0.05) is 79.5 Å². The molecule has 0 spiro atoms. The minimum Gasteiger partial charge on any atom is -0.352 e. The molecular formula is C30H35Cl2N3O4S. The van der Waals surface area contributed by atoms with Crippen LogP contribution in [0.25, 0.3) is 0 Å². The zero-order chi connectivity index (χ0) is 29.4. The molecule has 0 aliphatic rings. The van der Waals surface area contributed by atoms with Gasteiger partial charge in [-0.15, -0.1) is 0 Å². The monoisotopic (exact) mass is 603 g/mol. The number of carbonyl (C=O) groups is 2. The highest BCUT2D eigenvalue weighted by Crippen LogP contribution is 2.29. The van der Waals surface area contributed by atoms with E-state index in [9.17, 15) is 18.0 Å². The molecule has 214 valence electrons. The van der Waals surface area contributed by atoms with Gasteiger partial charge in [-0.2, -0.15) is 0 Å². The Hall–Kier alpha value is -3.07. The molecule has 0 saturated heterocycles. The van der Waals surface area contributed by atoms with Crippen molar-refractivity contribution in [2.75, 3.05) is 10.8 Å². The molecule has 0 radical (unpaired) electrons. The van der Waals surface area contributed by atoms with Gasteiger partial charge in [0.15, 0.2) is 0 Å². The van der Waals surface area contributed by atoms with Gasteiger partial charge in [-0.3, -0.25) is 13.9 Å². The first-order chi connectivity index (χ1) is 19.0. The molecule has 0 heterocycles. The molecular weight excluding hydrogens is 569 g/mol. The molecule has 0 aliphatic carbocycles. The lowest BCUT2D eigenvalue weighted by Gasteiger charge is -2.33. The number of para-hydroxylation sites is 1. The number of sulfonamides is 1. The van der Waals surface area contributed by atoms with Crippen molar-refractivity contribution < 1.29 is 18.0 Å². The predicted molar refractivity (Wildman–Crippen MR) is 161 cm³/mol. The van der Waals surface area contributed by atoms with E-state index in [1.165, 1.54) is 17.0 Å². The summed E-state index contributed by atoms with van der Waals surface area (Å²) >= 11 is 12.5. The molecule has 0 aliphatic heterocycles. The summed E-state index contributed by atoms with van der Waals surface area (Å²) in [5.41, 5.74) is 1.75. The van der Waals surface area contributed by atoms with Gasteiger partial charge < -0.3 is 10.2 Å². The van der Waals surface area contributed by atoms with Crippen molar-refractivity contribution in [1.82, 2.24) is 10.2 Å². The third kappa shape index (κ3) is 7.56. The zero-order valence-electron chi connectivity index (χ0n) is 23.1. The molecule has 1 N–H and O–H groups in total. The standard InChI is InChI=1S/C30H35Cl2N3O4S/c1-5-21(3)33-30(37)22(4)34(19-24-16-17-25(31)18-27(24)32)29(36)20-35(28-15-11-10-12-23(28)6-2)40(38,39)26-13-8-7-9-14-26/h7-18,21-22H,5-6,19-20H2,1-4H3,(H,33,37). The number of hydrogen-bond acceptors (Lipinski definition) is 4. The van der Waals surface area contributed by atoms with E-state index in [1.807, 2.05) is 32.9 Å². The van der Waals surface area contributed by atoms with Crippen molar-refractivity contribution in [3.05, 3.63) is 94.0 Å². The second-order valence-corrected chi connectivity index (χ2v) is 12.3. The van der Waals surface area contributed by atoms with Crippen LogP contribution in [0.15, 0.2) is 77.7 Å². The van der Waals surface area contributed by atoms with Crippen molar-refractivity contribution >= 4 is 50.7 Å². The number of benzene rings is 3. The average molecular weight is 605 g/mol. The molecule has 40 heavy (non-hydrogen) atoms. The number of rotatable bonds is 12. The first kappa shape index (κ1) is 31.5. The maximum Gasteiger partial charge on any atom is 0.264 e. The molecule has 10 heteroatoms. The number of anilines is 1. The SMILES string of the molecule is CCc1ccccc1N(CC(=O)N(Cc1ccc(Cl)cc1Cl)C(C)C(=O)NC(C)CC)S(=O)(=O)c1ccccc1. The number of nitrogens with zero attached hydrogens (tertiary/aromatic N) is 2. The molecule has 3 rings (SSSR count). The highest BCUT2D eigenvalue weighted by Gasteiger charge is 2.33. The van der Waals surface area contributed by atoms with Crippen molar-refractivity contribution in [2.45, 2.75) is 64.1 Å².